The van der Waals surface area contributed by atoms with E-state index in [4.69, 9.17) is 5.11 Å². The molecule has 29 heavy (non-hydrogen) atoms. The fourth-order valence-electron chi connectivity index (χ4n) is 8.01. The Bertz CT molecular complexity index is 729. The van der Waals surface area contributed by atoms with Gasteiger partial charge in [0.15, 0.2) is 5.78 Å². The normalized spacial score (nSPS) is 47.6. The highest BCUT2D eigenvalue weighted by Crippen LogP contribution is 2.67. The van der Waals surface area contributed by atoms with Crippen molar-refractivity contribution < 1.29 is 24.9 Å². The lowest BCUT2D eigenvalue weighted by Gasteiger charge is -2.61. The molecule has 0 aromatic rings. The van der Waals surface area contributed by atoms with Crippen LogP contribution in [-0.4, -0.2) is 39.3 Å². The van der Waals surface area contributed by atoms with Crippen molar-refractivity contribution >= 4 is 11.8 Å². The van der Waals surface area contributed by atoms with E-state index >= 15 is 0 Å². The number of aliphatic hydroxyl groups is 2. The number of carboxylic acid groups (broad SMARTS) is 1. The second-order valence-electron chi connectivity index (χ2n) is 10.8. The number of carbonyl (C=O) groups excluding carboxylic acids is 1. The van der Waals surface area contributed by atoms with E-state index in [0.29, 0.717) is 25.7 Å². The van der Waals surface area contributed by atoms with Gasteiger partial charge in [0, 0.05) is 12.8 Å². The average Bonchev–Trinajstić information content (AvgIpc) is 3.01. The summed E-state index contributed by atoms with van der Waals surface area (Å²) in [5, 5.41) is 31.7. The van der Waals surface area contributed by atoms with E-state index in [1.165, 1.54) is 0 Å². The summed E-state index contributed by atoms with van der Waals surface area (Å²) < 4.78 is 0. The van der Waals surface area contributed by atoms with E-state index in [1.807, 2.05) is 0 Å². The Hall–Kier alpha value is -1.20. The molecule has 0 bridgehead atoms. The Balaban J connectivity index is 1.64. The van der Waals surface area contributed by atoms with Crippen molar-refractivity contribution in [3.05, 3.63) is 11.6 Å². The fourth-order valence-corrected chi connectivity index (χ4v) is 8.01. The first-order valence-corrected chi connectivity index (χ1v) is 11.4. The molecule has 0 aromatic heterocycles. The predicted octanol–water partition coefficient (Wildman–Crippen LogP) is 3.58. The maximum absolute atomic E-state index is 12.0. The first kappa shape index (κ1) is 21.0. The third kappa shape index (κ3) is 3.11. The number of fused-ring (bicyclic) bond motifs is 5. The van der Waals surface area contributed by atoms with Crippen molar-refractivity contribution in [2.24, 2.45) is 40.4 Å². The maximum atomic E-state index is 12.0. The molecule has 4 aliphatic rings. The molecule has 0 heterocycles. The minimum absolute atomic E-state index is 0.104. The molecule has 3 fully saturated rings. The molecule has 5 nitrogen and oxygen atoms in total. The summed E-state index contributed by atoms with van der Waals surface area (Å²) in [5.41, 5.74) is 0.706. The van der Waals surface area contributed by atoms with Crippen molar-refractivity contribution in [1.29, 1.82) is 0 Å². The topological polar surface area (TPSA) is 94.8 Å². The highest BCUT2D eigenvalue weighted by molar-refractivity contribution is 5.91. The van der Waals surface area contributed by atoms with Gasteiger partial charge in [-0.15, -0.1) is 0 Å². The van der Waals surface area contributed by atoms with Gasteiger partial charge in [0.05, 0.1) is 12.2 Å². The van der Waals surface area contributed by atoms with Gasteiger partial charge in [0.2, 0.25) is 0 Å². The Morgan fingerprint density at radius 1 is 1.24 bits per heavy atom. The molecule has 0 saturated heterocycles. The van der Waals surface area contributed by atoms with E-state index in [-0.39, 0.29) is 52.6 Å². The maximum Gasteiger partial charge on any atom is 0.303 e. The number of aliphatic carboxylic acids is 1. The summed E-state index contributed by atoms with van der Waals surface area (Å²) in [5.74, 6) is 0.529. The zero-order chi connectivity index (χ0) is 21.1. The number of hydrogen-bond donors (Lipinski definition) is 3. The summed E-state index contributed by atoms with van der Waals surface area (Å²) in [6.07, 6.45) is 6.27. The minimum atomic E-state index is -0.761. The van der Waals surface area contributed by atoms with Gasteiger partial charge in [-0.3, -0.25) is 9.59 Å². The molecular formula is C24H36O5. The molecule has 0 spiro atoms. The highest BCUT2D eigenvalue weighted by Gasteiger charge is 2.64. The highest BCUT2D eigenvalue weighted by atomic mass is 16.4. The number of carbonyl (C=O) groups is 2. The largest absolute Gasteiger partial charge is 0.481 e. The lowest BCUT2D eigenvalue weighted by Crippen LogP contribution is -2.60. The number of aliphatic hydroxyl groups excluding tert-OH is 2. The third-order valence-electron chi connectivity index (χ3n) is 9.66. The van der Waals surface area contributed by atoms with E-state index in [2.05, 4.69) is 20.8 Å². The van der Waals surface area contributed by atoms with Crippen molar-refractivity contribution in [1.82, 2.24) is 0 Å². The average molecular weight is 405 g/mol. The number of ketones is 1. The smallest absolute Gasteiger partial charge is 0.303 e. The Kier molecular flexibility index (Phi) is 5.22. The van der Waals surface area contributed by atoms with Crippen LogP contribution < -0.4 is 0 Å². The molecule has 0 amide bonds. The Labute approximate surface area is 173 Å². The van der Waals surface area contributed by atoms with Gasteiger partial charge in [-0.1, -0.05) is 26.3 Å². The molecule has 0 radical (unpaired) electrons. The monoisotopic (exact) mass is 404 g/mol. The summed E-state index contributed by atoms with van der Waals surface area (Å²) in [4.78, 5) is 23.1. The second-order valence-corrected chi connectivity index (χ2v) is 10.8. The van der Waals surface area contributed by atoms with Gasteiger partial charge in [0.25, 0.3) is 0 Å². The molecule has 0 aliphatic heterocycles. The quantitative estimate of drug-likeness (QED) is 0.666. The van der Waals surface area contributed by atoms with E-state index < -0.39 is 18.2 Å². The molecular weight excluding hydrogens is 368 g/mol. The molecule has 3 N–H and O–H groups in total. The van der Waals surface area contributed by atoms with Crippen LogP contribution in [0, 0.1) is 40.4 Å². The lowest BCUT2D eigenvalue weighted by atomic mass is 9.45. The zero-order valence-corrected chi connectivity index (χ0v) is 17.9. The SMILES string of the molecule is C[C@H](CCC(=O)O)[C@H]1CC[C@H]2[C@@H]3[C@H](O)CC4=CC(=O)CC[C@]4(C)[C@H]3C[C@H](O)[C@]12C. The van der Waals surface area contributed by atoms with Crippen LogP contribution >= 0.6 is 0 Å². The number of rotatable bonds is 4. The van der Waals surface area contributed by atoms with Gasteiger partial charge in [-0.2, -0.15) is 0 Å². The van der Waals surface area contributed by atoms with Crippen molar-refractivity contribution in [3.8, 4) is 0 Å². The Morgan fingerprint density at radius 2 is 1.97 bits per heavy atom. The molecule has 5 heteroatoms. The van der Waals surface area contributed by atoms with Gasteiger partial charge in [-0.05, 0) is 85.0 Å². The molecule has 162 valence electrons. The van der Waals surface area contributed by atoms with Crippen LogP contribution in [0.1, 0.15) is 72.1 Å². The molecule has 3 saturated carbocycles. The summed E-state index contributed by atoms with van der Waals surface area (Å²) in [6, 6.07) is 0. The van der Waals surface area contributed by atoms with Crippen LogP contribution in [0.2, 0.25) is 0 Å². The molecule has 0 unspecified atom stereocenters. The Morgan fingerprint density at radius 3 is 2.66 bits per heavy atom. The van der Waals surface area contributed by atoms with Crippen LogP contribution in [0.3, 0.4) is 0 Å². The molecule has 9 atom stereocenters. The van der Waals surface area contributed by atoms with E-state index in [1.54, 1.807) is 6.08 Å². The standard InChI is InChI=1S/C24H36O5/c1-13(4-7-21(28)29)16-5-6-17-22-18(12-20(27)24(16,17)3)23(2)9-8-15(25)10-14(23)11-19(22)26/h10,13,16-20,22,26-27H,4-9,11-12H2,1-3H3,(H,28,29)/t13-,16-,17+,18+,19-,20+,22+,23+,24-/m1/s1. The van der Waals surface area contributed by atoms with E-state index in [9.17, 15) is 19.8 Å². The van der Waals surface area contributed by atoms with Gasteiger partial charge in [-0.25, -0.2) is 0 Å². The van der Waals surface area contributed by atoms with Crippen LogP contribution in [-0.2, 0) is 9.59 Å². The lowest BCUT2D eigenvalue weighted by molar-refractivity contribution is -0.168. The van der Waals surface area contributed by atoms with Crippen LogP contribution in [0.15, 0.2) is 11.6 Å². The van der Waals surface area contributed by atoms with Gasteiger partial charge < -0.3 is 15.3 Å². The van der Waals surface area contributed by atoms with Crippen molar-refractivity contribution in [2.45, 2.75) is 84.3 Å². The second kappa shape index (κ2) is 7.19. The minimum Gasteiger partial charge on any atom is -0.481 e. The van der Waals surface area contributed by atoms with Crippen LogP contribution in [0.25, 0.3) is 0 Å². The van der Waals surface area contributed by atoms with Gasteiger partial charge in [0.1, 0.15) is 0 Å². The van der Waals surface area contributed by atoms with Crippen molar-refractivity contribution in [2.75, 3.05) is 0 Å². The number of hydrogen-bond acceptors (Lipinski definition) is 4. The third-order valence-corrected chi connectivity index (χ3v) is 9.66. The number of carboxylic acids is 1. The summed E-state index contributed by atoms with van der Waals surface area (Å²) in [7, 11) is 0. The first-order valence-electron chi connectivity index (χ1n) is 11.4. The summed E-state index contributed by atoms with van der Waals surface area (Å²) in [6.45, 7) is 6.57. The summed E-state index contributed by atoms with van der Waals surface area (Å²) >= 11 is 0. The first-order chi connectivity index (χ1) is 13.6. The van der Waals surface area contributed by atoms with Gasteiger partial charge >= 0.3 is 5.97 Å². The molecule has 4 aliphatic carbocycles. The molecule has 0 aromatic carbocycles. The van der Waals surface area contributed by atoms with Crippen LogP contribution in [0.4, 0.5) is 0 Å². The van der Waals surface area contributed by atoms with Crippen molar-refractivity contribution in [3.63, 3.8) is 0 Å². The van der Waals surface area contributed by atoms with E-state index in [0.717, 1.165) is 24.8 Å². The predicted molar refractivity (Wildman–Crippen MR) is 109 cm³/mol. The van der Waals surface area contributed by atoms with Crippen LogP contribution in [0.5, 0.6) is 0 Å². The zero-order valence-electron chi connectivity index (χ0n) is 17.9. The fraction of sp³-hybridized carbons (Fsp3) is 0.833. The molecule has 4 rings (SSSR count).